The average Bonchev–Trinajstić information content (AvgIpc) is 2.68. The third kappa shape index (κ3) is 2.51. The van der Waals surface area contributed by atoms with Gasteiger partial charge in [0.1, 0.15) is 5.75 Å². The maximum absolute atomic E-state index is 9.57. The first kappa shape index (κ1) is 13.1. The normalized spacial score (nSPS) is 18.4. The highest BCUT2D eigenvalue weighted by atomic mass is 16.3. The molecule has 0 saturated heterocycles. The van der Waals surface area contributed by atoms with E-state index in [1.165, 1.54) is 18.4 Å². The molecule has 1 aliphatic carbocycles. The predicted octanol–water partition coefficient (Wildman–Crippen LogP) is 2.84. The Labute approximate surface area is 118 Å². The van der Waals surface area contributed by atoms with Crippen LogP contribution < -0.4 is 5.32 Å². The molecular formula is C16H19N3O. The molecule has 0 radical (unpaired) electrons. The molecule has 4 nitrogen and oxygen atoms in total. The maximum atomic E-state index is 9.57. The predicted molar refractivity (Wildman–Crippen MR) is 78.5 cm³/mol. The lowest BCUT2D eigenvalue weighted by molar-refractivity contribution is 0.475. The van der Waals surface area contributed by atoms with Crippen LogP contribution in [0.5, 0.6) is 5.75 Å². The van der Waals surface area contributed by atoms with Crippen LogP contribution in [0.2, 0.25) is 0 Å². The molecule has 0 spiro atoms. The molecule has 1 heterocycles. The third-order valence-corrected chi connectivity index (χ3v) is 3.88. The van der Waals surface area contributed by atoms with E-state index in [0.29, 0.717) is 11.9 Å². The molecule has 2 aromatic rings. The van der Waals surface area contributed by atoms with Crippen molar-refractivity contribution in [2.45, 2.75) is 31.7 Å². The van der Waals surface area contributed by atoms with Crippen molar-refractivity contribution in [3.8, 4) is 17.1 Å². The van der Waals surface area contributed by atoms with Crippen LogP contribution in [-0.4, -0.2) is 22.1 Å². The Bertz CT molecular complexity index is 612. The van der Waals surface area contributed by atoms with Gasteiger partial charge >= 0.3 is 0 Å². The number of hydrogen-bond donors (Lipinski definition) is 2. The molecule has 1 aromatic heterocycles. The zero-order valence-corrected chi connectivity index (χ0v) is 11.6. The molecule has 0 aliphatic heterocycles. The van der Waals surface area contributed by atoms with Gasteiger partial charge in [0.15, 0.2) is 5.82 Å². The van der Waals surface area contributed by atoms with Gasteiger partial charge in [0, 0.05) is 29.1 Å². The zero-order valence-electron chi connectivity index (χ0n) is 11.6. The molecule has 104 valence electrons. The van der Waals surface area contributed by atoms with Crippen molar-refractivity contribution < 1.29 is 5.11 Å². The second-order valence-corrected chi connectivity index (χ2v) is 5.23. The highest BCUT2D eigenvalue weighted by Gasteiger charge is 2.19. The molecule has 2 N–H and O–H groups in total. The number of aryl methyl sites for hydroxylation is 1. The van der Waals surface area contributed by atoms with Crippen molar-refractivity contribution in [2.75, 3.05) is 7.05 Å². The van der Waals surface area contributed by atoms with Gasteiger partial charge < -0.3 is 10.4 Å². The van der Waals surface area contributed by atoms with Gasteiger partial charge in [0.25, 0.3) is 0 Å². The number of phenolic OH excluding ortho intramolecular Hbond substituents is 1. The highest BCUT2D eigenvalue weighted by molar-refractivity contribution is 5.57. The minimum absolute atomic E-state index is 0.245. The number of benzene rings is 1. The quantitative estimate of drug-likeness (QED) is 0.823. The number of rotatable bonds is 2. The average molecular weight is 269 g/mol. The molecule has 0 amide bonds. The first-order valence-electron chi connectivity index (χ1n) is 7.10. The van der Waals surface area contributed by atoms with Crippen molar-refractivity contribution in [1.29, 1.82) is 0 Å². The van der Waals surface area contributed by atoms with E-state index < -0.39 is 0 Å². The second kappa shape index (κ2) is 5.59. The van der Waals surface area contributed by atoms with Gasteiger partial charge in [-0.25, -0.2) is 9.97 Å². The van der Waals surface area contributed by atoms with Crippen LogP contribution in [0.15, 0.2) is 30.5 Å². The third-order valence-electron chi connectivity index (χ3n) is 3.88. The first-order valence-corrected chi connectivity index (χ1v) is 7.10. The van der Waals surface area contributed by atoms with Crippen LogP contribution in [-0.2, 0) is 6.42 Å². The first-order chi connectivity index (χ1) is 9.78. The summed E-state index contributed by atoms with van der Waals surface area (Å²) in [6.45, 7) is 0. The van der Waals surface area contributed by atoms with Crippen molar-refractivity contribution >= 4 is 0 Å². The van der Waals surface area contributed by atoms with Gasteiger partial charge in [-0.15, -0.1) is 0 Å². The minimum Gasteiger partial charge on any atom is -0.508 e. The summed E-state index contributed by atoms with van der Waals surface area (Å²) in [5, 5.41) is 12.9. The van der Waals surface area contributed by atoms with Gasteiger partial charge in [-0.05, 0) is 38.4 Å². The number of fused-ring (bicyclic) bond motifs is 1. The maximum Gasteiger partial charge on any atom is 0.159 e. The molecule has 0 bridgehead atoms. The molecule has 1 aliphatic rings. The fourth-order valence-electron chi connectivity index (χ4n) is 2.80. The molecule has 3 rings (SSSR count). The van der Waals surface area contributed by atoms with Crippen LogP contribution in [0.25, 0.3) is 11.4 Å². The van der Waals surface area contributed by atoms with Crippen LogP contribution in [0, 0.1) is 0 Å². The summed E-state index contributed by atoms with van der Waals surface area (Å²) < 4.78 is 0. The number of aromatic hydroxyl groups is 1. The van der Waals surface area contributed by atoms with Gasteiger partial charge in [-0.1, -0.05) is 18.6 Å². The Balaban J connectivity index is 2.02. The standard InChI is InChI=1S/C16H19N3O/c1-17-14-7-2-3-8-15-13(14)10-18-16(19-15)11-5-4-6-12(20)9-11/h4-6,9-10,14,17,20H,2-3,7-8H2,1H3. The van der Waals surface area contributed by atoms with Crippen LogP contribution in [0.4, 0.5) is 0 Å². The molecule has 0 fully saturated rings. The summed E-state index contributed by atoms with van der Waals surface area (Å²) in [5.74, 6) is 0.936. The molecule has 1 atom stereocenters. The summed E-state index contributed by atoms with van der Waals surface area (Å²) >= 11 is 0. The molecule has 20 heavy (non-hydrogen) atoms. The summed E-state index contributed by atoms with van der Waals surface area (Å²) in [7, 11) is 1.99. The van der Waals surface area contributed by atoms with E-state index in [9.17, 15) is 5.11 Å². The Morgan fingerprint density at radius 3 is 3.00 bits per heavy atom. The minimum atomic E-state index is 0.245. The Kier molecular flexibility index (Phi) is 3.65. The zero-order chi connectivity index (χ0) is 13.9. The molecule has 1 aromatic carbocycles. The van der Waals surface area contributed by atoms with E-state index in [1.807, 2.05) is 25.4 Å². The van der Waals surface area contributed by atoms with Crippen molar-refractivity contribution in [2.24, 2.45) is 0 Å². The number of nitrogens with one attached hydrogen (secondary N) is 1. The Morgan fingerprint density at radius 1 is 1.30 bits per heavy atom. The summed E-state index contributed by atoms with van der Waals surface area (Å²) in [4.78, 5) is 9.20. The monoisotopic (exact) mass is 269 g/mol. The SMILES string of the molecule is CNC1CCCCc2nc(-c3cccc(O)c3)ncc21. The largest absolute Gasteiger partial charge is 0.508 e. The summed E-state index contributed by atoms with van der Waals surface area (Å²) in [6, 6.07) is 7.45. The van der Waals surface area contributed by atoms with Gasteiger partial charge in [0.2, 0.25) is 0 Å². The Hall–Kier alpha value is -1.94. The fraction of sp³-hybridized carbons (Fsp3) is 0.375. The molecule has 0 saturated carbocycles. The lowest BCUT2D eigenvalue weighted by Crippen LogP contribution is -2.17. The van der Waals surface area contributed by atoms with Gasteiger partial charge in [0.05, 0.1) is 0 Å². The molecular weight excluding hydrogens is 250 g/mol. The van der Waals surface area contributed by atoms with Crippen LogP contribution in [0.1, 0.15) is 36.6 Å². The van der Waals surface area contributed by atoms with E-state index in [4.69, 9.17) is 4.98 Å². The fourth-order valence-corrected chi connectivity index (χ4v) is 2.80. The number of aromatic nitrogens is 2. The molecule has 4 heteroatoms. The topological polar surface area (TPSA) is 58.0 Å². The van der Waals surface area contributed by atoms with E-state index in [1.54, 1.807) is 12.1 Å². The van der Waals surface area contributed by atoms with Crippen LogP contribution in [0.3, 0.4) is 0 Å². The van der Waals surface area contributed by atoms with Gasteiger partial charge in [-0.3, -0.25) is 0 Å². The van der Waals surface area contributed by atoms with Crippen LogP contribution >= 0.6 is 0 Å². The lowest BCUT2D eigenvalue weighted by atomic mass is 10.0. The van der Waals surface area contributed by atoms with Crippen molar-refractivity contribution in [3.05, 3.63) is 41.7 Å². The lowest BCUT2D eigenvalue weighted by Gasteiger charge is -2.16. The number of nitrogens with zero attached hydrogens (tertiary/aromatic N) is 2. The highest BCUT2D eigenvalue weighted by Crippen LogP contribution is 2.28. The van der Waals surface area contributed by atoms with E-state index in [2.05, 4.69) is 10.3 Å². The second-order valence-electron chi connectivity index (χ2n) is 5.23. The summed E-state index contributed by atoms with van der Waals surface area (Å²) in [5.41, 5.74) is 3.21. The van der Waals surface area contributed by atoms with Gasteiger partial charge in [-0.2, -0.15) is 0 Å². The summed E-state index contributed by atoms with van der Waals surface area (Å²) in [6.07, 6.45) is 6.46. The van der Waals surface area contributed by atoms with Crippen molar-refractivity contribution in [3.63, 3.8) is 0 Å². The van der Waals surface area contributed by atoms with Crippen molar-refractivity contribution in [1.82, 2.24) is 15.3 Å². The molecule has 1 unspecified atom stereocenters. The number of phenols is 1. The number of hydrogen-bond acceptors (Lipinski definition) is 4. The van der Waals surface area contributed by atoms with E-state index >= 15 is 0 Å². The smallest absolute Gasteiger partial charge is 0.159 e. The Morgan fingerprint density at radius 2 is 2.20 bits per heavy atom. The van der Waals surface area contributed by atoms with E-state index in [-0.39, 0.29) is 5.75 Å². The van der Waals surface area contributed by atoms with E-state index in [0.717, 1.165) is 24.1 Å².